The molecule has 3 rings (SSSR count). The quantitative estimate of drug-likeness (QED) is 0.805. The Labute approximate surface area is 137 Å². The summed E-state index contributed by atoms with van der Waals surface area (Å²) in [6, 6.07) is 6.62. The minimum absolute atomic E-state index is 0.0339. The lowest BCUT2D eigenvalue weighted by Crippen LogP contribution is -2.60. The lowest BCUT2D eigenvalue weighted by atomic mass is 10.0. The molecule has 0 aliphatic carbocycles. The molecule has 2 saturated heterocycles. The van der Waals surface area contributed by atoms with Gasteiger partial charge in [-0.1, -0.05) is 0 Å². The Morgan fingerprint density at radius 1 is 1.35 bits per heavy atom. The van der Waals surface area contributed by atoms with E-state index >= 15 is 0 Å². The van der Waals surface area contributed by atoms with Gasteiger partial charge in [-0.05, 0) is 44.2 Å². The summed E-state index contributed by atoms with van der Waals surface area (Å²) in [5, 5.41) is 8.96. The summed E-state index contributed by atoms with van der Waals surface area (Å²) >= 11 is 0. The highest BCUT2D eigenvalue weighted by molar-refractivity contribution is 7.89. The standard InChI is InChI=1S/C16H21N3O3S/c1-12-9-13(10-17)3-4-16(12)23(20,21)19-7-8-22-15-5-6-18(2)11-14(15)19/h3-4,9,14-15H,5-8,11H2,1-2H3/t14-,15-/m0/s1. The molecule has 2 aliphatic heterocycles. The summed E-state index contributed by atoms with van der Waals surface area (Å²) in [5.41, 5.74) is 1.08. The van der Waals surface area contributed by atoms with Gasteiger partial charge in [0.2, 0.25) is 10.0 Å². The molecular formula is C16H21N3O3S. The first-order chi connectivity index (χ1) is 10.9. The zero-order valence-corrected chi connectivity index (χ0v) is 14.2. The molecule has 2 atom stereocenters. The fourth-order valence-electron chi connectivity index (χ4n) is 3.43. The third kappa shape index (κ3) is 3.00. The van der Waals surface area contributed by atoms with Crippen LogP contribution in [0.25, 0.3) is 0 Å². The number of nitriles is 1. The van der Waals surface area contributed by atoms with E-state index in [1.165, 1.54) is 0 Å². The van der Waals surface area contributed by atoms with Gasteiger partial charge in [-0.2, -0.15) is 9.57 Å². The van der Waals surface area contributed by atoms with E-state index < -0.39 is 10.0 Å². The minimum atomic E-state index is -3.59. The zero-order chi connectivity index (χ0) is 16.6. The van der Waals surface area contributed by atoms with Gasteiger partial charge in [0.15, 0.2) is 0 Å². The molecule has 1 aromatic carbocycles. The maximum absolute atomic E-state index is 13.1. The van der Waals surface area contributed by atoms with Crippen molar-refractivity contribution < 1.29 is 13.2 Å². The Hall–Kier alpha value is -1.46. The number of likely N-dealkylation sites (N-methyl/N-ethyl adjacent to an activating group) is 1. The Morgan fingerprint density at radius 3 is 2.83 bits per heavy atom. The molecule has 0 amide bonds. The largest absolute Gasteiger partial charge is 0.375 e. The molecular weight excluding hydrogens is 314 g/mol. The van der Waals surface area contributed by atoms with Crippen LogP contribution >= 0.6 is 0 Å². The van der Waals surface area contributed by atoms with Crippen LogP contribution in [-0.4, -0.2) is 63.1 Å². The summed E-state index contributed by atoms with van der Waals surface area (Å²) in [6.45, 7) is 4.14. The van der Waals surface area contributed by atoms with Crippen molar-refractivity contribution in [2.24, 2.45) is 0 Å². The Bertz CT molecular complexity index is 741. The van der Waals surface area contributed by atoms with Gasteiger partial charge in [0.1, 0.15) is 0 Å². The van der Waals surface area contributed by atoms with Crippen LogP contribution in [0.5, 0.6) is 0 Å². The maximum atomic E-state index is 13.1. The first-order valence-corrected chi connectivity index (χ1v) is 9.20. The lowest BCUT2D eigenvalue weighted by molar-refractivity contribution is -0.0719. The van der Waals surface area contributed by atoms with Crippen LogP contribution in [0, 0.1) is 18.3 Å². The van der Waals surface area contributed by atoms with Gasteiger partial charge in [-0.15, -0.1) is 0 Å². The number of sulfonamides is 1. The number of hydrogen-bond donors (Lipinski definition) is 0. The topological polar surface area (TPSA) is 73.6 Å². The zero-order valence-electron chi connectivity index (χ0n) is 13.4. The summed E-state index contributed by atoms with van der Waals surface area (Å²) in [6.07, 6.45) is 0.813. The number of ether oxygens (including phenoxy) is 1. The molecule has 1 aromatic rings. The van der Waals surface area contributed by atoms with E-state index in [2.05, 4.69) is 4.90 Å². The molecule has 23 heavy (non-hydrogen) atoms. The monoisotopic (exact) mass is 335 g/mol. The molecule has 0 bridgehead atoms. The Morgan fingerprint density at radius 2 is 2.13 bits per heavy atom. The van der Waals surface area contributed by atoms with Crippen LogP contribution in [0.3, 0.4) is 0 Å². The van der Waals surface area contributed by atoms with Crippen LogP contribution < -0.4 is 0 Å². The molecule has 0 saturated carbocycles. The van der Waals surface area contributed by atoms with Crippen molar-refractivity contribution in [3.05, 3.63) is 29.3 Å². The van der Waals surface area contributed by atoms with Crippen LogP contribution in [0.1, 0.15) is 17.5 Å². The van der Waals surface area contributed by atoms with Crippen molar-refractivity contribution in [3.8, 4) is 6.07 Å². The van der Waals surface area contributed by atoms with Gasteiger partial charge in [0.05, 0.1) is 35.3 Å². The molecule has 2 aliphatic rings. The summed E-state index contributed by atoms with van der Waals surface area (Å²) < 4.78 is 33.6. The number of aryl methyl sites for hydroxylation is 1. The van der Waals surface area contributed by atoms with E-state index in [4.69, 9.17) is 10.00 Å². The SMILES string of the molecule is Cc1cc(C#N)ccc1S(=O)(=O)N1CCO[C@H]2CCN(C)C[C@@H]21. The average Bonchev–Trinajstić information content (AvgIpc) is 2.53. The van der Waals surface area contributed by atoms with Crippen LogP contribution in [0.4, 0.5) is 0 Å². The van der Waals surface area contributed by atoms with E-state index in [1.807, 2.05) is 13.1 Å². The number of benzene rings is 1. The second kappa shape index (κ2) is 6.21. The number of piperidine rings is 1. The van der Waals surface area contributed by atoms with Gasteiger partial charge in [0, 0.05) is 19.6 Å². The number of rotatable bonds is 2. The molecule has 2 fully saturated rings. The summed E-state index contributed by atoms with van der Waals surface area (Å²) in [7, 11) is -1.59. The molecule has 0 spiro atoms. The first-order valence-electron chi connectivity index (χ1n) is 7.76. The second-order valence-electron chi connectivity index (χ2n) is 6.24. The van der Waals surface area contributed by atoms with Crippen molar-refractivity contribution in [1.29, 1.82) is 5.26 Å². The van der Waals surface area contributed by atoms with Crippen LogP contribution in [0.2, 0.25) is 0 Å². The average molecular weight is 335 g/mol. The highest BCUT2D eigenvalue weighted by atomic mass is 32.2. The number of nitrogens with zero attached hydrogens (tertiary/aromatic N) is 3. The predicted molar refractivity (Wildman–Crippen MR) is 85.4 cm³/mol. The van der Waals surface area contributed by atoms with Crippen molar-refractivity contribution in [2.75, 3.05) is 33.3 Å². The number of morpholine rings is 1. The van der Waals surface area contributed by atoms with Gasteiger partial charge in [0.25, 0.3) is 0 Å². The van der Waals surface area contributed by atoms with Crippen molar-refractivity contribution in [1.82, 2.24) is 9.21 Å². The van der Waals surface area contributed by atoms with E-state index in [-0.39, 0.29) is 17.0 Å². The van der Waals surface area contributed by atoms with Gasteiger partial charge in [-0.25, -0.2) is 8.42 Å². The van der Waals surface area contributed by atoms with Crippen LogP contribution in [0.15, 0.2) is 23.1 Å². The number of likely N-dealkylation sites (tertiary alicyclic amines) is 1. The van der Waals surface area contributed by atoms with E-state index in [0.29, 0.717) is 30.8 Å². The highest BCUT2D eigenvalue weighted by Gasteiger charge is 2.42. The molecule has 0 radical (unpaired) electrons. The third-order valence-electron chi connectivity index (χ3n) is 4.63. The molecule has 0 aromatic heterocycles. The summed E-state index contributed by atoms with van der Waals surface area (Å²) in [4.78, 5) is 2.43. The summed E-state index contributed by atoms with van der Waals surface area (Å²) in [5.74, 6) is 0. The molecule has 6 nitrogen and oxygen atoms in total. The van der Waals surface area contributed by atoms with Gasteiger partial charge in [-0.3, -0.25) is 0 Å². The molecule has 2 heterocycles. The number of fused-ring (bicyclic) bond motifs is 1. The normalized spacial score (nSPS) is 26.5. The second-order valence-corrected chi connectivity index (χ2v) is 8.09. The predicted octanol–water partition coefficient (Wildman–Crippen LogP) is 0.960. The van der Waals surface area contributed by atoms with Crippen LogP contribution in [-0.2, 0) is 14.8 Å². The minimum Gasteiger partial charge on any atom is -0.375 e. The van der Waals surface area contributed by atoms with Crippen molar-refractivity contribution in [3.63, 3.8) is 0 Å². The van der Waals surface area contributed by atoms with Crippen molar-refractivity contribution >= 4 is 10.0 Å². The Balaban J connectivity index is 1.96. The fourth-order valence-corrected chi connectivity index (χ4v) is 5.26. The van der Waals surface area contributed by atoms with Gasteiger partial charge < -0.3 is 9.64 Å². The molecule has 7 heteroatoms. The first kappa shape index (κ1) is 16.4. The van der Waals surface area contributed by atoms with Gasteiger partial charge >= 0.3 is 0 Å². The number of hydrogen-bond acceptors (Lipinski definition) is 5. The Kier molecular flexibility index (Phi) is 4.43. The lowest BCUT2D eigenvalue weighted by Gasteiger charge is -2.45. The molecule has 0 unspecified atom stereocenters. The van der Waals surface area contributed by atoms with E-state index in [9.17, 15) is 8.42 Å². The smallest absolute Gasteiger partial charge is 0.243 e. The molecule has 124 valence electrons. The molecule has 0 N–H and O–H groups in total. The van der Waals surface area contributed by atoms with E-state index in [1.54, 1.807) is 29.4 Å². The maximum Gasteiger partial charge on any atom is 0.243 e. The van der Waals surface area contributed by atoms with Crippen molar-refractivity contribution in [2.45, 2.75) is 30.4 Å². The van der Waals surface area contributed by atoms with E-state index in [0.717, 1.165) is 13.0 Å². The third-order valence-corrected chi connectivity index (χ3v) is 6.71. The highest BCUT2D eigenvalue weighted by Crippen LogP contribution is 2.29. The fraction of sp³-hybridized carbons (Fsp3) is 0.562.